The van der Waals surface area contributed by atoms with E-state index in [1.54, 1.807) is 0 Å². The largest absolute Gasteiger partial charge is 0.472 e. The number of carbonyl (C=O) groups is 2. The second-order valence-corrected chi connectivity index (χ2v) is 17.5. The lowest BCUT2D eigenvalue weighted by Crippen LogP contribution is -2.37. The summed E-state index contributed by atoms with van der Waals surface area (Å²) in [5, 5.41) is 0. The highest BCUT2D eigenvalue weighted by Gasteiger charge is 2.27. The van der Waals surface area contributed by atoms with Crippen molar-refractivity contribution in [3.05, 3.63) is 48.6 Å². The Hall–Kier alpha value is -2.03. The predicted octanol–water partition coefficient (Wildman–Crippen LogP) is 12.7. The van der Waals surface area contributed by atoms with Crippen molar-refractivity contribution in [2.24, 2.45) is 0 Å². The number of unbranched alkanes of at least 4 members (excludes halogenated alkanes) is 18. The standard InChI is InChI=1S/C46H84NO8P/c1-6-8-10-12-14-16-18-20-22-23-25-27-29-31-33-35-37-39-46(49)55-44(43-54-56(50,51)53-41-40-47(3,4)5)42-52-45(48)38-36-34-32-30-28-26-24-21-19-17-15-13-11-9-7-2/h20,22,25,27,31-34,44H,6-19,21,23-24,26,28-30,35-43H2,1-5H3/p+1/b22-20+,27-25+,33-31+,34-32+/t44-/m1/s1. The van der Waals surface area contributed by atoms with E-state index in [0.717, 1.165) is 38.5 Å². The molecule has 2 atom stereocenters. The van der Waals surface area contributed by atoms with E-state index in [1.165, 1.54) is 103 Å². The van der Waals surface area contributed by atoms with Gasteiger partial charge in [0, 0.05) is 12.8 Å². The van der Waals surface area contributed by atoms with Crippen LogP contribution < -0.4 is 0 Å². The van der Waals surface area contributed by atoms with Gasteiger partial charge in [-0.15, -0.1) is 0 Å². The molecule has 0 amide bonds. The minimum Gasteiger partial charge on any atom is -0.462 e. The Morgan fingerprint density at radius 2 is 1.00 bits per heavy atom. The second-order valence-electron chi connectivity index (χ2n) is 16.1. The van der Waals surface area contributed by atoms with Crippen LogP contribution >= 0.6 is 7.82 Å². The first-order chi connectivity index (χ1) is 27.0. The van der Waals surface area contributed by atoms with Crippen LogP contribution in [0.5, 0.6) is 0 Å². The molecule has 0 aromatic rings. The van der Waals surface area contributed by atoms with E-state index in [0.29, 0.717) is 23.9 Å². The van der Waals surface area contributed by atoms with Crippen LogP contribution in [0.4, 0.5) is 0 Å². The normalized spacial score (nSPS) is 14.0. The van der Waals surface area contributed by atoms with Gasteiger partial charge in [0.25, 0.3) is 0 Å². The Kier molecular flexibility index (Phi) is 37.1. The van der Waals surface area contributed by atoms with E-state index >= 15 is 0 Å². The minimum atomic E-state index is -4.39. The second kappa shape index (κ2) is 38.5. The quantitative estimate of drug-likeness (QED) is 0.0214. The van der Waals surface area contributed by atoms with Gasteiger partial charge in [0.15, 0.2) is 6.10 Å². The Morgan fingerprint density at radius 1 is 0.554 bits per heavy atom. The van der Waals surface area contributed by atoms with Crippen molar-refractivity contribution < 1.29 is 42.1 Å². The van der Waals surface area contributed by atoms with E-state index in [9.17, 15) is 19.0 Å². The molecule has 1 N–H and O–H groups in total. The van der Waals surface area contributed by atoms with Crippen LogP contribution in [0.15, 0.2) is 48.6 Å². The number of carbonyl (C=O) groups excluding carboxylic acids is 2. The van der Waals surface area contributed by atoms with Crippen molar-refractivity contribution in [1.82, 2.24) is 0 Å². The third-order valence-corrected chi connectivity index (χ3v) is 10.3. The molecule has 10 heteroatoms. The maximum absolute atomic E-state index is 12.7. The molecule has 0 fully saturated rings. The number of quaternary nitrogens is 1. The van der Waals surface area contributed by atoms with Crippen LogP contribution in [-0.4, -0.2) is 74.9 Å². The molecule has 0 heterocycles. The lowest BCUT2D eigenvalue weighted by atomic mass is 10.1. The summed E-state index contributed by atoms with van der Waals surface area (Å²) in [4.78, 5) is 35.3. The Morgan fingerprint density at radius 3 is 1.52 bits per heavy atom. The summed E-state index contributed by atoms with van der Waals surface area (Å²) in [6.07, 6.45) is 44.7. The van der Waals surface area contributed by atoms with Gasteiger partial charge in [-0.25, -0.2) is 4.57 Å². The van der Waals surface area contributed by atoms with Gasteiger partial charge in [0.1, 0.15) is 19.8 Å². The van der Waals surface area contributed by atoms with Crippen LogP contribution in [-0.2, 0) is 32.7 Å². The Labute approximate surface area is 343 Å². The van der Waals surface area contributed by atoms with Crippen molar-refractivity contribution in [2.75, 3.05) is 47.5 Å². The average molecular weight is 811 g/mol. The first kappa shape index (κ1) is 54.0. The molecule has 0 spiro atoms. The lowest BCUT2D eigenvalue weighted by molar-refractivity contribution is -0.870. The highest BCUT2D eigenvalue weighted by atomic mass is 31.2. The van der Waals surface area contributed by atoms with Gasteiger partial charge in [-0.3, -0.25) is 18.6 Å². The van der Waals surface area contributed by atoms with Crippen LogP contribution in [0.3, 0.4) is 0 Å². The molecule has 9 nitrogen and oxygen atoms in total. The lowest BCUT2D eigenvalue weighted by Gasteiger charge is -2.24. The maximum atomic E-state index is 12.7. The Bertz CT molecular complexity index is 1100. The molecule has 0 aliphatic carbocycles. The smallest absolute Gasteiger partial charge is 0.462 e. The molecule has 1 unspecified atom stereocenters. The third kappa shape index (κ3) is 41.6. The first-order valence-electron chi connectivity index (χ1n) is 22.4. The van der Waals surface area contributed by atoms with E-state index in [4.69, 9.17) is 18.5 Å². The zero-order chi connectivity index (χ0) is 41.4. The fourth-order valence-corrected chi connectivity index (χ4v) is 6.55. The van der Waals surface area contributed by atoms with Crippen molar-refractivity contribution in [1.29, 1.82) is 0 Å². The average Bonchev–Trinajstić information content (AvgIpc) is 3.15. The van der Waals surface area contributed by atoms with E-state index in [1.807, 2.05) is 27.2 Å². The van der Waals surface area contributed by atoms with Gasteiger partial charge in [0.2, 0.25) is 0 Å². The number of allylic oxidation sites excluding steroid dienone is 8. The summed E-state index contributed by atoms with van der Waals surface area (Å²) in [6, 6.07) is 0. The zero-order valence-electron chi connectivity index (χ0n) is 36.6. The number of ether oxygens (including phenoxy) is 2. The van der Waals surface area contributed by atoms with Gasteiger partial charge in [-0.05, 0) is 57.8 Å². The van der Waals surface area contributed by atoms with Crippen molar-refractivity contribution in [3.8, 4) is 0 Å². The first-order valence-corrected chi connectivity index (χ1v) is 23.9. The molecule has 0 rings (SSSR count). The zero-order valence-corrected chi connectivity index (χ0v) is 37.5. The highest BCUT2D eigenvalue weighted by molar-refractivity contribution is 7.47. The van der Waals surface area contributed by atoms with Crippen LogP contribution in [0, 0.1) is 0 Å². The molecule has 0 aromatic heterocycles. The van der Waals surface area contributed by atoms with Gasteiger partial charge >= 0.3 is 19.8 Å². The molecule has 0 aliphatic heterocycles. The van der Waals surface area contributed by atoms with E-state index in [2.05, 4.69) is 56.4 Å². The fraction of sp³-hybridized carbons (Fsp3) is 0.783. The molecule has 326 valence electrons. The molecule has 0 saturated heterocycles. The molecule has 0 aliphatic rings. The summed E-state index contributed by atoms with van der Waals surface area (Å²) in [5.41, 5.74) is 0. The third-order valence-electron chi connectivity index (χ3n) is 9.34. The monoisotopic (exact) mass is 811 g/mol. The van der Waals surface area contributed by atoms with Crippen LogP contribution in [0.2, 0.25) is 0 Å². The molecule has 0 radical (unpaired) electrons. The molecule has 0 bridgehead atoms. The van der Waals surface area contributed by atoms with Crippen molar-refractivity contribution in [3.63, 3.8) is 0 Å². The number of hydrogen-bond acceptors (Lipinski definition) is 7. The molecule has 0 saturated carbocycles. The molecule has 0 aromatic carbocycles. The van der Waals surface area contributed by atoms with Crippen molar-refractivity contribution >= 4 is 19.8 Å². The summed E-state index contributed by atoms with van der Waals surface area (Å²) in [6.45, 7) is 4.31. The SMILES string of the molecule is CCCCCCCC/C=C/C/C=C/C/C=C/CCCC(=O)O[C@H](COC(=O)CC/C=C/CCCCCCCCCCCCC)COP(=O)(O)OCC[N+](C)(C)C. The molecular formula is C46H85NO8P+. The minimum absolute atomic E-state index is 0.0170. The van der Waals surface area contributed by atoms with Crippen molar-refractivity contribution in [2.45, 2.75) is 187 Å². The molecule has 56 heavy (non-hydrogen) atoms. The number of likely N-dealkylation sites (N-methyl/N-ethyl adjacent to an activating group) is 1. The van der Waals surface area contributed by atoms with Gasteiger partial charge in [-0.1, -0.05) is 159 Å². The summed E-state index contributed by atoms with van der Waals surface area (Å²) >= 11 is 0. The van der Waals surface area contributed by atoms with E-state index < -0.39 is 32.5 Å². The maximum Gasteiger partial charge on any atom is 0.472 e. The fourth-order valence-electron chi connectivity index (χ4n) is 5.81. The number of phosphoric acid groups is 1. The van der Waals surface area contributed by atoms with Gasteiger partial charge in [0.05, 0.1) is 27.7 Å². The number of rotatable bonds is 40. The molecular weight excluding hydrogens is 725 g/mol. The van der Waals surface area contributed by atoms with E-state index in [-0.39, 0.29) is 26.1 Å². The van der Waals surface area contributed by atoms with Crippen LogP contribution in [0.1, 0.15) is 181 Å². The Balaban J connectivity index is 4.48. The van der Waals surface area contributed by atoms with Gasteiger partial charge < -0.3 is 18.9 Å². The number of esters is 2. The summed E-state index contributed by atoms with van der Waals surface area (Å²) in [7, 11) is 1.43. The number of phosphoric ester groups is 1. The summed E-state index contributed by atoms with van der Waals surface area (Å²) in [5.74, 6) is -0.917. The number of hydrogen-bond donors (Lipinski definition) is 1. The van der Waals surface area contributed by atoms with Gasteiger partial charge in [-0.2, -0.15) is 0 Å². The summed E-state index contributed by atoms with van der Waals surface area (Å²) < 4.78 is 34.2. The topological polar surface area (TPSA) is 108 Å². The van der Waals surface area contributed by atoms with Crippen LogP contribution in [0.25, 0.3) is 0 Å². The predicted molar refractivity (Wildman–Crippen MR) is 233 cm³/mol. The number of nitrogens with zero attached hydrogens (tertiary/aromatic N) is 1. The highest BCUT2D eigenvalue weighted by Crippen LogP contribution is 2.43.